The van der Waals surface area contributed by atoms with E-state index in [1.54, 1.807) is 32.9 Å². The lowest BCUT2D eigenvalue weighted by Gasteiger charge is -2.16. The number of fused-ring (bicyclic) bond motifs is 1. The van der Waals surface area contributed by atoms with Gasteiger partial charge in [-0.15, -0.1) is 11.3 Å². The highest BCUT2D eigenvalue weighted by atomic mass is 33.1. The van der Waals surface area contributed by atoms with Gasteiger partial charge in [-0.05, 0) is 22.9 Å². The lowest BCUT2D eigenvalue weighted by atomic mass is 9.73. The zero-order chi connectivity index (χ0) is 14.6. The van der Waals surface area contributed by atoms with Gasteiger partial charge in [-0.25, -0.2) is 4.98 Å². The number of ether oxygens (including phenoxy) is 1. The summed E-state index contributed by atoms with van der Waals surface area (Å²) in [5, 5.41) is -0.426. The van der Waals surface area contributed by atoms with Gasteiger partial charge in [0.05, 0.1) is 10.2 Å². The second-order valence-electron chi connectivity index (χ2n) is 5.24. The maximum atomic E-state index is 11.6. The maximum absolute atomic E-state index is 11.6. The Balaban J connectivity index is 1.72. The first-order valence-corrected chi connectivity index (χ1v) is 9.42. The normalized spacial score (nSPS) is 11.7. The van der Waals surface area contributed by atoms with Gasteiger partial charge in [-0.2, -0.15) is 0 Å². The Hall–Kier alpha value is -0.655. The van der Waals surface area contributed by atoms with Gasteiger partial charge >= 0.3 is 5.97 Å². The Morgan fingerprint density at radius 1 is 1.45 bits per heavy atom. The van der Waals surface area contributed by atoms with Crippen LogP contribution in [0.5, 0.6) is 0 Å². The Morgan fingerprint density at radius 2 is 2.20 bits per heavy atom. The first-order valence-electron chi connectivity index (χ1n) is 6.29. The number of hydrogen-bond acceptors (Lipinski definition) is 6. The van der Waals surface area contributed by atoms with Crippen LogP contribution >= 0.6 is 32.9 Å². The number of carbonyl (C=O) groups is 1. The molecule has 1 heterocycles. The minimum absolute atomic E-state index is 0.150. The van der Waals surface area contributed by atoms with Crippen LogP contribution in [0.15, 0.2) is 28.6 Å². The van der Waals surface area contributed by atoms with Crippen molar-refractivity contribution in [3.05, 3.63) is 24.3 Å². The highest BCUT2D eigenvalue weighted by Gasteiger charge is 2.22. The molecule has 0 amide bonds. The first-order chi connectivity index (χ1) is 9.47. The summed E-state index contributed by atoms with van der Waals surface area (Å²) in [6, 6.07) is 8.11. The van der Waals surface area contributed by atoms with E-state index in [9.17, 15) is 4.79 Å². The van der Waals surface area contributed by atoms with Crippen molar-refractivity contribution in [2.45, 2.75) is 23.5 Å². The van der Waals surface area contributed by atoms with Crippen molar-refractivity contribution < 1.29 is 9.53 Å². The highest BCUT2D eigenvalue weighted by molar-refractivity contribution is 8.77. The summed E-state index contributed by atoms with van der Waals surface area (Å²) in [5.74, 6) is 0.616. The van der Waals surface area contributed by atoms with E-state index in [1.807, 2.05) is 39.9 Å². The van der Waals surface area contributed by atoms with E-state index in [0.717, 1.165) is 15.6 Å². The van der Waals surface area contributed by atoms with Crippen LogP contribution in [-0.4, -0.2) is 31.2 Å². The van der Waals surface area contributed by atoms with Crippen LogP contribution in [0.25, 0.3) is 10.2 Å². The van der Waals surface area contributed by atoms with E-state index < -0.39 is 5.31 Å². The molecular formula is C13H16BNO2S3. The molecular weight excluding hydrogens is 309 g/mol. The molecule has 1 aromatic heterocycles. The quantitative estimate of drug-likeness (QED) is 0.352. The van der Waals surface area contributed by atoms with Crippen LogP contribution in [0.1, 0.15) is 13.8 Å². The number of aromatic nitrogens is 1. The number of carbonyl (C=O) groups excluding carboxylic acids is 1. The van der Waals surface area contributed by atoms with E-state index >= 15 is 0 Å². The standard InChI is InChI=1S/C13H16BNO2S3/c1-13(2,14)11(16)17-7-8-18-20-12-15-9-5-3-4-6-10(9)19-12/h3-6H,7-8,14H2,1-2H3. The molecule has 106 valence electrons. The minimum atomic E-state index is -0.426. The van der Waals surface area contributed by atoms with Crippen LogP contribution in [0.2, 0.25) is 5.31 Å². The summed E-state index contributed by atoms with van der Waals surface area (Å²) in [5.41, 5.74) is 1.04. The van der Waals surface area contributed by atoms with Gasteiger partial charge in [0, 0.05) is 11.1 Å². The molecule has 3 nitrogen and oxygen atoms in total. The summed E-state index contributed by atoms with van der Waals surface area (Å²) >= 11 is 1.69. The molecule has 0 fully saturated rings. The van der Waals surface area contributed by atoms with Crippen LogP contribution in [-0.2, 0) is 9.53 Å². The lowest BCUT2D eigenvalue weighted by Crippen LogP contribution is -2.21. The molecule has 0 saturated carbocycles. The number of hydrogen-bond donors (Lipinski definition) is 0. The second kappa shape index (κ2) is 6.87. The van der Waals surface area contributed by atoms with Crippen molar-refractivity contribution in [2.75, 3.05) is 12.4 Å². The number of para-hydroxylation sites is 1. The smallest absolute Gasteiger partial charge is 0.303 e. The number of nitrogens with zero attached hydrogens (tertiary/aromatic N) is 1. The Labute approximate surface area is 131 Å². The third-order valence-electron chi connectivity index (χ3n) is 2.42. The first kappa shape index (κ1) is 15.7. The van der Waals surface area contributed by atoms with Gasteiger partial charge in [-0.1, -0.05) is 36.8 Å². The molecule has 0 aliphatic heterocycles. The van der Waals surface area contributed by atoms with E-state index in [4.69, 9.17) is 4.74 Å². The molecule has 0 N–H and O–H groups in total. The van der Waals surface area contributed by atoms with Gasteiger partial charge < -0.3 is 4.74 Å². The number of rotatable bonds is 6. The van der Waals surface area contributed by atoms with E-state index in [2.05, 4.69) is 11.1 Å². The molecule has 0 unspecified atom stereocenters. The molecule has 0 aliphatic carbocycles. The van der Waals surface area contributed by atoms with E-state index in [0.29, 0.717) is 6.61 Å². The molecule has 1 aromatic carbocycles. The Bertz CT molecular complexity index is 562. The topological polar surface area (TPSA) is 39.2 Å². The third kappa shape index (κ3) is 4.43. The van der Waals surface area contributed by atoms with Crippen LogP contribution in [0.3, 0.4) is 0 Å². The fourth-order valence-corrected chi connectivity index (χ4v) is 4.54. The van der Waals surface area contributed by atoms with Crippen molar-refractivity contribution in [3.63, 3.8) is 0 Å². The van der Waals surface area contributed by atoms with E-state index in [1.165, 1.54) is 4.70 Å². The average Bonchev–Trinajstić information content (AvgIpc) is 2.79. The maximum Gasteiger partial charge on any atom is 0.303 e. The summed E-state index contributed by atoms with van der Waals surface area (Å²) in [6.45, 7) is 4.16. The molecule has 0 radical (unpaired) electrons. The van der Waals surface area contributed by atoms with Crippen molar-refractivity contribution in [2.24, 2.45) is 0 Å². The van der Waals surface area contributed by atoms with Gasteiger partial charge in [-0.3, -0.25) is 4.79 Å². The molecule has 7 heteroatoms. The number of benzene rings is 1. The zero-order valence-electron chi connectivity index (χ0n) is 11.7. The van der Waals surface area contributed by atoms with Gasteiger partial charge in [0.25, 0.3) is 0 Å². The predicted molar refractivity (Wildman–Crippen MR) is 91.5 cm³/mol. The van der Waals surface area contributed by atoms with Crippen molar-refractivity contribution in [3.8, 4) is 0 Å². The molecule has 2 aromatic rings. The fraction of sp³-hybridized carbons (Fsp3) is 0.385. The molecule has 20 heavy (non-hydrogen) atoms. The molecule has 2 rings (SSSR count). The largest absolute Gasteiger partial charge is 0.465 e. The van der Waals surface area contributed by atoms with Gasteiger partial charge in [0.2, 0.25) is 0 Å². The summed E-state index contributed by atoms with van der Waals surface area (Å²) in [6.07, 6.45) is 0. The van der Waals surface area contributed by atoms with Crippen molar-refractivity contribution in [1.82, 2.24) is 4.98 Å². The highest BCUT2D eigenvalue weighted by Crippen LogP contribution is 2.36. The van der Waals surface area contributed by atoms with Crippen LogP contribution < -0.4 is 0 Å². The lowest BCUT2D eigenvalue weighted by molar-refractivity contribution is -0.145. The molecule has 0 saturated heterocycles. The summed E-state index contributed by atoms with van der Waals surface area (Å²) in [4.78, 5) is 16.1. The monoisotopic (exact) mass is 325 g/mol. The summed E-state index contributed by atoms with van der Waals surface area (Å²) in [7, 11) is 5.16. The zero-order valence-corrected chi connectivity index (χ0v) is 14.2. The van der Waals surface area contributed by atoms with Crippen molar-refractivity contribution in [1.29, 1.82) is 0 Å². The number of thiazole rings is 1. The van der Waals surface area contributed by atoms with Crippen molar-refractivity contribution >= 4 is 57.0 Å². The molecule has 0 atom stereocenters. The molecule has 0 bridgehead atoms. The van der Waals surface area contributed by atoms with Gasteiger partial charge in [0.15, 0.2) is 4.34 Å². The molecule has 0 spiro atoms. The van der Waals surface area contributed by atoms with Gasteiger partial charge in [0.1, 0.15) is 14.5 Å². The van der Waals surface area contributed by atoms with E-state index in [-0.39, 0.29) is 5.97 Å². The Kier molecular flexibility index (Phi) is 5.40. The van der Waals surface area contributed by atoms with Crippen LogP contribution in [0, 0.1) is 0 Å². The van der Waals surface area contributed by atoms with Crippen LogP contribution in [0.4, 0.5) is 0 Å². The summed E-state index contributed by atoms with van der Waals surface area (Å²) < 4.78 is 7.46. The molecule has 0 aliphatic rings. The Morgan fingerprint density at radius 3 is 2.90 bits per heavy atom. The third-order valence-corrected chi connectivity index (χ3v) is 6.08. The predicted octanol–water partition coefficient (Wildman–Crippen LogP) is 3.41. The SMILES string of the molecule is BC(C)(C)C(=O)OCCSSc1nc2ccccc2s1. The fourth-order valence-electron chi connectivity index (χ4n) is 1.36. The second-order valence-corrected chi connectivity index (χ2v) is 8.93. The number of esters is 1. The average molecular weight is 325 g/mol. The minimum Gasteiger partial charge on any atom is -0.465 e.